The average molecular weight is 420 g/mol. The maximum Gasteiger partial charge on any atom is 0.251 e. The summed E-state index contributed by atoms with van der Waals surface area (Å²) in [7, 11) is 1.60. The highest BCUT2D eigenvalue weighted by Crippen LogP contribution is 2.23. The molecule has 5 nitrogen and oxygen atoms in total. The van der Waals surface area contributed by atoms with Crippen LogP contribution in [0.25, 0.3) is 12.2 Å². The predicted molar refractivity (Wildman–Crippen MR) is 106 cm³/mol. The van der Waals surface area contributed by atoms with Crippen molar-refractivity contribution in [1.29, 1.82) is 0 Å². The Balaban J connectivity index is 2.07. The highest BCUT2D eigenvalue weighted by atomic mass is 79.9. The molecule has 2 N–H and O–H groups in total. The van der Waals surface area contributed by atoms with Gasteiger partial charge in [0.15, 0.2) is 0 Å². The van der Waals surface area contributed by atoms with Gasteiger partial charge in [-0.3, -0.25) is 4.79 Å². The van der Waals surface area contributed by atoms with Crippen molar-refractivity contribution in [2.24, 2.45) is 0 Å². The zero-order valence-electron chi connectivity index (χ0n) is 14.6. The summed E-state index contributed by atoms with van der Waals surface area (Å²) in [5, 5.41) is 11.4. The number of methoxy groups -OCH3 is 1. The largest absolute Gasteiger partial charge is 0.496 e. The van der Waals surface area contributed by atoms with Crippen molar-refractivity contribution in [3.05, 3.63) is 63.6 Å². The Bertz CT molecular complexity index is 744. The highest BCUT2D eigenvalue weighted by Gasteiger charge is 2.08. The molecule has 0 fully saturated rings. The van der Waals surface area contributed by atoms with E-state index in [1.807, 2.05) is 36.4 Å². The number of aliphatic hydroxyl groups excluding tert-OH is 1. The van der Waals surface area contributed by atoms with Crippen molar-refractivity contribution in [2.45, 2.75) is 0 Å². The average Bonchev–Trinajstić information content (AvgIpc) is 2.67. The molecule has 2 rings (SSSR count). The molecule has 2 aromatic carbocycles. The van der Waals surface area contributed by atoms with Gasteiger partial charge in [-0.05, 0) is 35.9 Å². The number of amides is 1. The Morgan fingerprint density at radius 3 is 2.62 bits per heavy atom. The molecule has 26 heavy (non-hydrogen) atoms. The number of nitrogens with one attached hydrogen (secondary N) is 1. The van der Waals surface area contributed by atoms with Crippen molar-refractivity contribution in [1.82, 2.24) is 5.32 Å². The zero-order chi connectivity index (χ0) is 18.8. The number of carbonyl (C=O) groups excluding carboxylic acids is 1. The van der Waals surface area contributed by atoms with Crippen LogP contribution in [0.2, 0.25) is 0 Å². The van der Waals surface area contributed by atoms with E-state index in [1.54, 1.807) is 25.3 Å². The summed E-state index contributed by atoms with van der Waals surface area (Å²) in [5.41, 5.74) is 2.41. The molecule has 0 aromatic heterocycles. The van der Waals surface area contributed by atoms with Gasteiger partial charge in [-0.25, -0.2) is 0 Å². The minimum atomic E-state index is -0.182. The first-order valence-electron chi connectivity index (χ1n) is 8.22. The molecule has 138 valence electrons. The summed E-state index contributed by atoms with van der Waals surface area (Å²) in [6.45, 7) is 0.984. The molecule has 0 spiro atoms. The molecule has 0 unspecified atom stereocenters. The summed E-state index contributed by atoms with van der Waals surface area (Å²) in [4.78, 5) is 12.3. The van der Waals surface area contributed by atoms with Gasteiger partial charge in [0.05, 0.1) is 26.9 Å². The number of aliphatic hydroxyl groups is 1. The molecule has 0 saturated heterocycles. The van der Waals surface area contributed by atoms with E-state index in [2.05, 4.69) is 21.2 Å². The van der Waals surface area contributed by atoms with Gasteiger partial charge in [0.1, 0.15) is 5.75 Å². The number of hydrogen-bond acceptors (Lipinski definition) is 4. The van der Waals surface area contributed by atoms with Crippen LogP contribution in [-0.4, -0.2) is 44.5 Å². The molecule has 1 amide bonds. The normalized spacial score (nSPS) is 10.9. The van der Waals surface area contributed by atoms with Crippen LogP contribution in [0.15, 0.2) is 46.9 Å². The Morgan fingerprint density at radius 1 is 1.15 bits per heavy atom. The first kappa shape index (κ1) is 20.2. The van der Waals surface area contributed by atoms with Gasteiger partial charge in [-0.2, -0.15) is 0 Å². The number of ether oxygens (including phenoxy) is 2. The van der Waals surface area contributed by atoms with E-state index in [9.17, 15) is 4.79 Å². The van der Waals surface area contributed by atoms with Crippen LogP contribution in [-0.2, 0) is 4.74 Å². The Morgan fingerprint density at radius 2 is 1.92 bits per heavy atom. The number of carbonyl (C=O) groups is 1. The smallest absolute Gasteiger partial charge is 0.251 e. The molecule has 6 heteroatoms. The summed E-state index contributed by atoms with van der Waals surface area (Å²) >= 11 is 3.41. The fraction of sp³-hybridized carbons (Fsp3) is 0.250. The van der Waals surface area contributed by atoms with E-state index in [4.69, 9.17) is 14.6 Å². The van der Waals surface area contributed by atoms with Crippen molar-refractivity contribution >= 4 is 34.0 Å². The minimum Gasteiger partial charge on any atom is -0.496 e. The van der Waals surface area contributed by atoms with Gasteiger partial charge in [0.25, 0.3) is 5.91 Å². The summed E-state index contributed by atoms with van der Waals surface area (Å²) < 4.78 is 11.5. The van der Waals surface area contributed by atoms with Gasteiger partial charge in [0, 0.05) is 22.1 Å². The van der Waals surface area contributed by atoms with Crippen LogP contribution in [0.3, 0.4) is 0 Å². The summed E-state index contributed by atoms with van der Waals surface area (Å²) in [6, 6.07) is 13.2. The molecule has 0 bridgehead atoms. The van der Waals surface area contributed by atoms with Crippen LogP contribution in [0.5, 0.6) is 5.75 Å². The topological polar surface area (TPSA) is 67.8 Å². The third-order valence-electron chi connectivity index (χ3n) is 3.58. The van der Waals surface area contributed by atoms with Gasteiger partial charge in [0.2, 0.25) is 0 Å². The van der Waals surface area contributed by atoms with E-state index in [1.165, 1.54) is 0 Å². The maximum atomic E-state index is 12.3. The molecule has 0 saturated carbocycles. The van der Waals surface area contributed by atoms with Gasteiger partial charge in [-0.1, -0.05) is 40.2 Å². The Hall–Kier alpha value is -2.15. The second-order valence-electron chi connectivity index (χ2n) is 5.43. The lowest BCUT2D eigenvalue weighted by molar-refractivity contribution is 0.0838. The van der Waals surface area contributed by atoms with E-state index in [0.29, 0.717) is 24.5 Å². The number of halogens is 1. The van der Waals surface area contributed by atoms with Gasteiger partial charge >= 0.3 is 0 Å². The van der Waals surface area contributed by atoms with Gasteiger partial charge < -0.3 is 19.9 Å². The summed E-state index contributed by atoms with van der Waals surface area (Å²) in [5.74, 6) is 0.514. The lowest BCUT2D eigenvalue weighted by Gasteiger charge is -2.09. The van der Waals surface area contributed by atoms with Crippen LogP contribution >= 0.6 is 15.9 Å². The SMILES string of the molecule is COc1ccc(C(=O)NCCOCCO)cc1C=Cc1ccc(Br)cc1. The predicted octanol–water partition coefficient (Wildman–Crippen LogP) is 3.37. The monoisotopic (exact) mass is 419 g/mol. The number of hydrogen-bond donors (Lipinski definition) is 2. The molecule has 0 aliphatic carbocycles. The van der Waals surface area contributed by atoms with Crippen LogP contribution in [0.4, 0.5) is 0 Å². The Labute approximate surface area is 161 Å². The zero-order valence-corrected chi connectivity index (χ0v) is 16.2. The molecule has 0 aliphatic heterocycles. The summed E-state index contributed by atoms with van der Waals surface area (Å²) in [6.07, 6.45) is 3.89. The van der Waals surface area contributed by atoms with Crippen LogP contribution in [0.1, 0.15) is 21.5 Å². The minimum absolute atomic E-state index is 0.0273. The van der Waals surface area contributed by atoms with E-state index in [-0.39, 0.29) is 19.1 Å². The second-order valence-corrected chi connectivity index (χ2v) is 6.35. The lowest BCUT2D eigenvalue weighted by atomic mass is 10.1. The molecule has 0 heterocycles. The van der Waals surface area contributed by atoms with E-state index >= 15 is 0 Å². The van der Waals surface area contributed by atoms with Crippen LogP contribution < -0.4 is 10.1 Å². The first-order chi connectivity index (χ1) is 12.6. The molecular formula is C20H22BrNO4. The first-order valence-corrected chi connectivity index (χ1v) is 9.02. The molecule has 0 radical (unpaired) electrons. The van der Waals surface area contributed by atoms with Crippen molar-refractivity contribution in [2.75, 3.05) is 33.5 Å². The molecular weight excluding hydrogens is 398 g/mol. The van der Waals surface area contributed by atoms with Crippen molar-refractivity contribution < 1.29 is 19.4 Å². The van der Waals surface area contributed by atoms with E-state index < -0.39 is 0 Å². The number of benzene rings is 2. The Kier molecular flexibility index (Phi) is 8.34. The molecule has 0 atom stereocenters. The maximum absolute atomic E-state index is 12.3. The fourth-order valence-corrected chi connectivity index (χ4v) is 2.54. The number of rotatable bonds is 9. The van der Waals surface area contributed by atoms with E-state index in [0.717, 1.165) is 15.6 Å². The standard InChI is InChI=1S/C20H22BrNO4/c1-25-19-9-6-17(20(24)22-10-12-26-13-11-23)14-16(19)5-2-15-3-7-18(21)8-4-15/h2-9,14,23H,10-13H2,1H3,(H,22,24). The van der Waals surface area contributed by atoms with Gasteiger partial charge in [-0.15, -0.1) is 0 Å². The lowest BCUT2D eigenvalue weighted by Crippen LogP contribution is -2.27. The van der Waals surface area contributed by atoms with Crippen LogP contribution in [0, 0.1) is 0 Å². The third kappa shape index (κ3) is 6.29. The quantitative estimate of drug-likeness (QED) is 0.482. The third-order valence-corrected chi connectivity index (χ3v) is 4.11. The van der Waals surface area contributed by atoms with Crippen molar-refractivity contribution in [3.8, 4) is 5.75 Å². The fourth-order valence-electron chi connectivity index (χ4n) is 2.27. The molecule has 2 aromatic rings. The second kappa shape index (κ2) is 10.8. The molecule has 0 aliphatic rings. The van der Waals surface area contributed by atoms with Crippen molar-refractivity contribution in [3.63, 3.8) is 0 Å². The highest BCUT2D eigenvalue weighted by molar-refractivity contribution is 9.10.